The van der Waals surface area contributed by atoms with Crippen LogP contribution in [0.2, 0.25) is 0 Å². The first kappa shape index (κ1) is 10.3. The minimum atomic E-state index is -0.363. The monoisotopic (exact) mass is 211 g/mol. The Kier molecular flexibility index (Phi) is 2.81. The third-order valence-electron chi connectivity index (χ3n) is 2.73. The van der Waals surface area contributed by atoms with Gasteiger partial charge in [0.05, 0.1) is 11.8 Å². The third-order valence-corrected chi connectivity index (χ3v) is 2.73. The Labute approximate surface area is 87.9 Å². The molecule has 15 heavy (non-hydrogen) atoms. The summed E-state index contributed by atoms with van der Waals surface area (Å²) in [4.78, 5) is 7.64. The second-order valence-corrected chi connectivity index (χ2v) is 3.79. The summed E-state index contributed by atoms with van der Waals surface area (Å²) < 4.78 is 18.6. The van der Waals surface area contributed by atoms with Gasteiger partial charge in [-0.05, 0) is 19.8 Å². The van der Waals surface area contributed by atoms with E-state index in [2.05, 4.69) is 15.3 Å². The molecule has 1 aromatic heterocycles. The highest BCUT2D eigenvalue weighted by atomic mass is 19.1. The molecule has 0 bridgehead atoms. The van der Waals surface area contributed by atoms with Crippen molar-refractivity contribution in [3.8, 4) is 0 Å². The van der Waals surface area contributed by atoms with Crippen LogP contribution in [0.1, 0.15) is 18.5 Å². The molecule has 1 fully saturated rings. The molecule has 0 spiro atoms. The molecular formula is C10H14FN3O. The Morgan fingerprint density at radius 1 is 1.47 bits per heavy atom. The van der Waals surface area contributed by atoms with E-state index in [-0.39, 0.29) is 11.9 Å². The van der Waals surface area contributed by atoms with Gasteiger partial charge in [-0.25, -0.2) is 14.4 Å². The number of hydrogen-bond donors (Lipinski definition) is 1. The molecule has 82 valence electrons. The van der Waals surface area contributed by atoms with Gasteiger partial charge in [0.15, 0.2) is 11.6 Å². The highest BCUT2D eigenvalue weighted by Crippen LogP contribution is 2.26. The predicted octanol–water partition coefficient (Wildman–Crippen LogP) is 1.51. The van der Waals surface area contributed by atoms with Crippen LogP contribution >= 0.6 is 0 Å². The zero-order chi connectivity index (χ0) is 10.8. The average Bonchev–Trinajstić information content (AvgIpc) is 2.17. The van der Waals surface area contributed by atoms with Crippen LogP contribution in [0.15, 0.2) is 6.33 Å². The lowest BCUT2D eigenvalue weighted by atomic mass is 9.89. The van der Waals surface area contributed by atoms with Crippen LogP contribution in [0.25, 0.3) is 0 Å². The van der Waals surface area contributed by atoms with Gasteiger partial charge in [0.1, 0.15) is 6.33 Å². The van der Waals surface area contributed by atoms with Gasteiger partial charge >= 0.3 is 0 Å². The quantitative estimate of drug-likeness (QED) is 0.823. The normalized spacial score (nSPS) is 24.7. The number of anilines is 1. The summed E-state index contributed by atoms with van der Waals surface area (Å²) in [6, 6.07) is 0.263. The number of rotatable bonds is 3. The first-order valence-corrected chi connectivity index (χ1v) is 4.97. The van der Waals surface area contributed by atoms with Crippen LogP contribution in [0, 0.1) is 12.7 Å². The van der Waals surface area contributed by atoms with Crippen LogP contribution in [-0.2, 0) is 4.74 Å². The number of nitrogens with one attached hydrogen (secondary N) is 1. The van der Waals surface area contributed by atoms with Crippen LogP contribution in [0.3, 0.4) is 0 Å². The largest absolute Gasteiger partial charge is 0.381 e. The number of hydrogen-bond acceptors (Lipinski definition) is 4. The molecule has 0 unspecified atom stereocenters. The molecule has 4 nitrogen and oxygen atoms in total. The van der Waals surface area contributed by atoms with Crippen molar-refractivity contribution in [2.75, 3.05) is 12.4 Å². The Balaban J connectivity index is 1.97. The molecule has 0 atom stereocenters. The minimum absolute atomic E-state index is 0.263. The molecule has 1 heterocycles. The highest BCUT2D eigenvalue weighted by molar-refractivity contribution is 5.38. The van der Waals surface area contributed by atoms with Gasteiger partial charge < -0.3 is 10.1 Å². The molecule has 1 saturated carbocycles. The molecule has 2 rings (SSSR count). The van der Waals surface area contributed by atoms with Gasteiger partial charge in [0.25, 0.3) is 0 Å². The van der Waals surface area contributed by atoms with Crippen LogP contribution < -0.4 is 5.32 Å². The Bertz CT molecular complexity index is 353. The van der Waals surface area contributed by atoms with Crippen LogP contribution in [0.4, 0.5) is 10.2 Å². The molecule has 5 heteroatoms. The van der Waals surface area contributed by atoms with E-state index >= 15 is 0 Å². The number of aromatic nitrogens is 2. The lowest BCUT2D eigenvalue weighted by molar-refractivity contribution is 0.0327. The molecule has 1 aliphatic carbocycles. The van der Waals surface area contributed by atoms with E-state index in [1.807, 2.05) is 0 Å². The van der Waals surface area contributed by atoms with Crippen LogP contribution in [0.5, 0.6) is 0 Å². The summed E-state index contributed by atoms with van der Waals surface area (Å²) in [6.07, 6.45) is 3.47. The van der Waals surface area contributed by atoms with Gasteiger partial charge in [0, 0.05) is 13.2 Å². The van der Waals surface area contributed by atoms with Crippen molar-refractivity contribution < 1.29 is 9.13 Å². The fourth-order valence-electron chi connectivity index (χ4n) is 1.63. The van der Waals surface area contributed by atoms with Gasteiger partial charge in [-0.3, -0.25) is 0 Å². The summed E-state index contributed by atoms with van der Waals surface area (Å²) in [7, 11) is 1.69. The van der Waals surface area contributed by atoms with Crippen molar-refractivity contribution in [1.29, 1.82) is 0 Å². The van der Waals surface area contributed by atoms with Crippen LogP contribution in [-0.4, -0.2) is 29.2 Å². The summed E-state index contributed by atoms with van der Waals surface area (Å²) in [6.45, 7) is 1.63. The molecular weight excluding hydrogens is 197 g/mol. The van der Waals surface area contributed by atoms with Gasteiger partial charge in [-0.1, -0.05) is 0 Å². The molecule has 0 saturated heterocycles. The smallest absolute Gasteiger partial charge is 0.186 e. The Hall–Kier alpha value is -1.23. The number of methoxy groups -OCH3 is 1. The third kappa shape index (κ3) is 2.07. The SMILES string of the molecule is COC1CC(Nc2ncnc(C)c2F)C1. The van der Waals surface area contributed by atoms with Crippen molar-refractivity contribution >= 4 is 5.82 Å². The van der Waals surface area contributed by atoms with E-state index in [1.165, 1.54) is 6.33 Å². The van der Waals surface area contributed by atoms with Gasteiger partial charge in [0.2, 0.25) is 0 Å². The Morgan fingerprint density at radius 2 is 2.20 bits per heavy atom. The van der Waals surface area contributed by atoms with E-state index in [1.54, 1.807) is 14.0 Å². The summed E-state index contributed by atoms with van der Waals surface area (Å²) in [5.41, 5.74) is 0.370. The maximum absolute atomic E-state index is 13.5. The molecule has 0 aliphatic heterocycles. The van der Waals surface area contributed by atoms with E-state index in [4.69, 9.17) is 4.74 Å². The van der Waals surface area contributed by atoms with E-state index < -0.39 is 0 Å². The average molecular weight is 211 g/mol. The standard InChI is InChI=1S/C10H14FN3O/c1-6-9(11)10(13-5-12-6)14-7-3-8(4-7)15-2/h5,7-8H,3-4H2,1-2H3,(H,12,13,14). The molecule has 0 radical (unpaired) electrons. The van der Waals surface area contributed by atoms with Crippen molar-refractivity contribution in [2.45, 2.75) is 31.9 Å². The zero-order valence-electron chi connectivity index (χ0n) is 8.83. The minimum Gasteiger partial charge on any atom is -0.381 e. The fourth-order valence-corrected chi connectivity index (χ4v) is 1.63. The zero-order valence-corrected chi connectivity index (χ0v) is 8.83. The van der Waals surface area contributed by atoms with Crippen molar-refractivity contribution in [3.63, 3.8) is 0 Å². The topological polar surface area (TPSA) is 47.0 Å². The van der Waals surface area contributed by atoms with Crippen molar-refractivity contribution in [2.24, 2.45) is 0 Å². The fraction of sp³-hybridized carbons (Fsp3) is 0.600. The predicted molar refractivity (Wildman–Crippen MR) is 54.2 cm³/mol. The number of nitrogens with zero attached hydrogens (tertiary/aromatic N) is 2. The Morgan fingerprint density at radius 3 is 2.87 bits per heavy atom. The van der Waals surface area contributed by atoms with Crippen molar-refractivity contribution in [3.05, 3.63) is 17.8 Å². The lowest BCUT2D eigenvalue weighted by Crippen LogP contribution is -2.40. The summed E-state index contributed by atoms with van der Waals surface area (Å²) in [5, 5.41) is 3.05. The maximum Gasteiger partial charge on any atom is 0.186 e. The second kappa shape index (κ2) is 4.10. The van der Waals surface area contributed by atoms with Crippen molar-refractivity contribution in [1.82, 2.24) is 9.97 Å². The molecule has 1 N–H and O–H groups in total. The number of halogens is 1. The first-order chi connectivity index (χ1) is 7.20. The molecule has 0 aromatic carbocycles. The number of aryl methyl sites for hydroxylation is 1. The maximum atomic E-state index is 13.5. The van der Waals surface area contributed by atoms with E-state index in [9.17, 15) is 4.39 Å². The summed E-state index contributed by atoms with van der Waals surface area (Å²) in [5.74, 6) is -0.0691. The van der Waals surface area contributed by atoms with E-state index in [0.29, 0.717) is 17.6 Å². The molecule has 1 aliphatic rings. The number of ether oxygens (including phenoxy) is 1. The van der Waals surface area contributed by atoms with Gasteiger partial charge in [-0.15, -0.1) is 0 Å². The molecule has 1 aromatic rings. The summed E-state index contributed by atoms with van der Waals surface area (Å²) >= 11 is 0. The highest BCUT2D eigenvalue weighted by Gasteiger charge is 2.29. The second-order valence-electron chi connectivity index (χ2n) is 3.79. The van der Waals surface area contributed by atoms with E-state index in [0.717, 1.165) is 12.8 Å². The lowest BCUT2D eigenvalue weighted by Gasteiger charge is -2.34. The van der Waals surface area contributed by atoms with Gasteiger partial charge in [-0.2, -0.15) is 0 Å². The first-order valence-electron chi connectivity index (χ1n) is 4.97. The molecule has 0 amide bonds.